The van der Waals surface area contributed by atoms with E-state index < -0.39 is 29.9 Å². The molecule has 0 bridgehead atoms. The summed E-state index contributed by atoms with van der Waals surface area (Å²) in [5.41, 5.74) is 0.331. The van der Waals surface area contributed by atoms with Gasteiger partial charge in [-0.2, -0.15) is 0 Å². The number of allylic oxidation sites excluding steroid dienone is 2. The molecule has 3 aliphatic heterocycles. The zero-order valence-corrected chi connectivity index (χ0v) is 28.3. The Bertz CT molecular complexity index is 1140. The first-order valence-electron chi connectivity index (χ1n) is 15.5. The molecule has 45 heavy (non-hydrogen) atoms. The Kier molecular flexibility index (Phi) is 14.2. The van der Waals surface area contributed by atoms with Crippen LogP contribution in [-0.2, 0) is 38.1 Å². The number of alkyl halides is 1. The molecule has 3 fully saturated rings. The van der Waals surface area contributed by atoms with Gasteiger partial charge in [0, 0.05) is 38.9 Å². The van der Waals surface area contributed by atoms with Crippen LogP contribution < -0.4 is 16.0 Å². The maximum absolute atomic E-state index is 12.4. The van der Waals surface area contributed by atoms with Crippen molar-refractivity contribution in [2.45, 2.75) is 109 Å². The zero-order chi connectivity index (χ0) is 33.1. The van der Waals surface area contributed by atoms with Crippen molar-refractivity contribution >= 4 is 39.6 Å². The lowest BCUT2D eigenvalue weighted by atomic mass is 9.87. The highest BCUT2D eigenvalue weighted by atomic mass is 79.9. The van der Waals surface area contributed by atoms with Crippen molar-refractivity contribution in [2.24, 2.45) is 5.92 Å². The average Bonchev–Trinajstić information content (AvgIpc) is 3.76. The molecule has 9 atom stereocenters. The number of hydrogen-bond donors (Lipinski definition) is 4. The van der Waals surface area contributed by atoms with Gasteiger partial charge in [-0.15, -0.1) is 0 Å². The molecule has 12 nitrogen and oxygen atoms in total. The van der Waals surface area contributed by atoms with Gasteiger partial charge in [-0.1, -0.05) is 46.7 Å². The second-order valence-electron chi connectivity index (χ2n) is 12.2. The molecule has 1 spiro atoms. The maximum atomic E-state index is 12.4. The highest BCUT2D eigenvalue weighted by Gasteiger charge is 2.58. The van der Waals surface area contributed by atoms with Crippen LogP contribution in [0.25, 0.3) is 0 Å². The predicted octanol–water partition coefficient (Wildman–Crippen LogP) is 1.99. The van der Waals surface area contributed by atoms with Gasteiger partial charge in [-0.25, -0.2) is 0 Å². The SMILES string of the molecule is CC(=O)O[C@@H](C)/C=C\C(=O)N[C@@H]1C[C@H](C)[C@H](C/C=C(C)/C=C/[C@H]2O[C@H](CNC(=O)CCNC(=O)CBr)C[C@@]3(CO3)[C@@H]2O)O[C@@H]1C. The van der Waals surface area contributed by atoms with Crippen molar-refractivity contribution < 1.29 is 43.2 Å². The number of halogens is 1. The molecule has 0 unspecified atom stereocenters. The van der Waals surface area contributed by atoms with E-state index in [1.54, 1.807) is 13.0 Å². The summed E-state index contributed by atoms with van der Waals surface area (Å²) >= 11 is 3.07. The minimum absolute atomic E-state index is 0.0172. The van der Waals surface area contributed by atoms with Crippen LogP contribution in [-0.4, -0.2) is 102 Å². The summed E-state index contributed by atoms with van der Waals surface area (Å²) in [7, 11) is 0. The summed E-state index contributed by atoms with van der Waals surface area (Å²) in [5.74, 6) is -0.827. The second-order valence-corrected chi connectivity index (χ2v) is 12.7. The van der Waals surface area contributed by atoms with Crippen molar-refractivity contribution in [3.63, 3.8) is 0 Å². The third-order valence-corrected chi connectivity index (χ3v) is 8.76. The van der Waals surface area contributed by atoms with Crippen molar-refractivity contribution in [3.8, 4) is 0 Å². The van der Waals surface area contributed by atoms with Crippen molar-refractivity contribution in [3.05, 3.63) is 36.0 Å². The maximum Gasteiger partial charge on any atom is 0.303 e. The number of carbonyl (C=O) groups excluding carboxylic acids is 4. The number of amides is 3. The zero-order valence-electron chi connectivity index (χ0n) is 26.8. The molecule has 3 rings (SSSR count). The highest BCUT2D eigenvalue weighted by Crippen LogP contribution is 2.42. The van der Waals surface area contributed by atoms with Crippen LogP contribution in [0.4, 0.5) is 0 Å². The predicted molar refractivity (Wildman–Crippen MR) is 170 cm³/mol. The van der Waals surface area contributed by atoms with E-state index in [1.807, 2.05) is 26.0 Å². The largest absolute Gasteiger partial charge is 0.459 e. The van der Waals surface area contributed by atoms with Gasteiger partial charge >= 0.3 is 5.97 Å². The summed E-state index contributed by atoms with van der Waals surface area (Å²) < 4.78 is 23.1. The first-order valence-corrected chi connectivity index (χ1v) is 16.7. The Morgan fingerprint density at radius 1 is 1.11 bits per heavy atom. The van der Waals surface area contributed by atoms with Gasteiger partial charge in [-0.05, 0) is 45.6 Å². The van der Waals surface area contributed by atoms with E-state index >= 15 is 0 Å². The summed E-state index contributed by atoms with van der Waals surface area (Å²) in [5, 5.41) is 19.6. The first-order chi connectivity index (χ1) is 21.3. The fraction of sp³-hybridized carbons (Fsp3) is 0.688. The minimum atomic E-state index is -0.817. The number of nitrogens with one attached hydrogen (secondary N) is 3. The van der Waals surface area contributed by atoms with Gasteiger partial charge in [0.15, 0.2) is 0 Å². The number of carbonyl (C=O) groups is 4. The number of aliphatic hydroxyl groups is 1. The van der Waals surface area contributed by atoms with E-state index in [9.17, 15) is 24.3 Å². The van der Waals surface area contributed by atoms with Crippen molar-refractivity contribution in [1.29, 1.82) is 0 Å². The fourth-order valence-electron chi connectivity index (χ4n) is 5.57. The van der Waals surface area contributed by atoms with Gasteiger partial charge in [0.1, 0.15) is 23.9 Å². The molecule has 252 valence electrons. The second kappa shape index (κ2) is 17.4. The third-order valence-electron chi connectivity index (χ3n) is 8.25. The molecule has 0 aromatic heterocycles. The highest BCUT2D eigenvalue weighted by molar-refractivity contribution is 9.09. The molecule has 4 N–H and O–H groups in total. The van der Waals surface area contributed by atoms with Crippen LogP contribution in [0.2, 0.25) is 0 Å². The summed E-state index contributed by atoms with van der Waals surface area (Å²) in [6.07, 6.45) is 8.45. The summed E-state index contributed by atoms with van der Waals surface area (Å²) in [6.45, 7) is 10.0. The van der Waals surface area contributed by atoms with E-state index in [1.165, 1.54) is 13.0 Å². The number of aliphatic hydroxyl groups excluding tert-OH is 1. The standard InChI is InChI=1S/C32H48BrN3O9/c1-19(6-9-26-20(2)14-25(22(4)44-26)36-29(39)11-8-21(3)43-23(5)37)7-10-27-31(41)32(18-42-32)15-24(45-27)17-35-28(38)12-13-34-30(40)16-33/h6-8,10-11,20-22,24-27,31,41H,9,12-18H2,1-5H3,(H,34,40)(H,35,38)(H,36,39)/b10-7+,11-8-,19-6+/t20-,21-,22+,24-,25+,26-,27+,31+,32+/m0/s1. The van der Waals surface area contributed by atoms with Crippen LogP contribution in [0, 0.1) is 5.92 Å². The molecule has 3 aliphatic rings. The molecule has 3 heterocycles. The summed E-state index contributed by atoms with van der Waals surface area (Å²) in [4.78, 5) is 47.0. The van der Waals surface area contributed by atoms with Crippen LogP contribution in [0.15, 0.2) is 36.0 Å². The normalized spacial score (nSPS) is 32.3. The Hall–Kier alpha value is -2.58. The van der Waals surface area contributed by atoms with Gasteiger partial charge < -0.3 is 40.0 Å². The molecule has 0 radical (unpaired) electrons. The number of epoxide rings is 1. The van der Waals surface area contributed by atoms with Crippen LogP contribution >= 0.6 is 15.9 Å². The lowest BCUT2D eigenvalue weighted by Gasteiger charge is -2.39. The number of rotatable bonds is 14. The Labute approximate surface area is 273 Å². The van der Waals surface area contributed by atoms with E-state index in [-0.39, 0.29) is 72.8 Å². The Morgan fingerprint density at radius 3 is 2.51 bits per heavy atom. The fourth-order valence-corrected chi connectivity index (χ4v) is 5.76. The molecule has 0 aromatic carbocycles. The molecule has 0 aliphatic carbocycles. The van der Waals surface area contributed by atoms with E-state index in [2.05, 4.69) is 44.9 Å². The summed E-state index contributed by atoms with van der Waals surface area (Å²) in [6, 6.07) is -0.137. The lowest BCUT2D eigenvalue weighted by Crippen LogP contribution is -2.52. The molecule has 13 heteroatoms. The molecule has 3 amide bonds. The topological polar surface area (TPSA) is 165 Å². The van der Waals surface area contributed by atoms with E-state index in [4.69, 9.17) is 18.9 Å². The minimum Gasteiger partial charge on any atom is -0.459 e. The van der Waals surface area contributed by atoms with Gasteiger partial charge in [-0.3, -0.25) is 19.2 Å². The van der Waals surface area contributed by atoms with Gasteiger partial charge in [0.25, 0.3) is 0 Å². The molecular formula is C32H48BrN3O9. The quantitative estimate of drug-likeness (QED) is 0.0699. The molecule has 3 saturated heterocycles. The van der Waals surface area contributed by atoms with E-state index in [0.29, 0.717) is 19.4 Å². The molecule has 0 aromatic rings. The molecular weight excluding hydrogens is 650 g/mol. The van der Waals surface area contributed by atoms with Crippen LogP contribution in [0.1, 0.15) is 60.3 Å². The van der Waals surface area contributed by atoms with Crippen LogP contribution in [0.5, 0.6) is 0 Å². The van der Waals surface area contributed by atoms with Crippen molar-refractivity contribution in [2.75, 3.05) is 25.0 Å². The average molecular weight is 699 g/mol. The third kappa shape index (κ3) is 11.9. The number of hydrogen-bond acceptors (Lipinski definition) is 9. The smallest absolute Gasteiger partial charge is 0.303 e. The van der Waals surface area contributed by atoms with E-state index in [0.717, 1.165) is 12.0 Å². The van der Waals surface area contributed by atoms with Crippen LogP contribution in [0.3, 0.4) is 0 Å². The first kappa shape index (κ1) is 36.9. The number of ether oxygens (including phenoxy) is 4. The Balaban J connectivity index is 1.47. The molecule has 0 saturated carbocycles. The van der Waals surface area contributed by atoms with Crippen molar-refractivity contribution in [1.82, 2.24) is 16.0 Å². The van der Waals surface area contributed by atoms with Gasteiger partial charge in [0.2, 0.25) is 17.7 Å². The monoisotopic (exact) mass is 697 g/mol. The Morgan fingerprint density at radius 2 is 1.84 bits per heavy atom. The lowest BCUT2D eigenvalue weighted by molar-refractivity contribution is -0.143. The number of esters is 1. The van der Waals surface area contributed by atoms with Gasteiger partial charge in [0.05, 0.1) is 36.3 Å².